The van der Waals surface area contributed by atoms with E-state index in [2.05, 4.69) is 5.10 Å². The Morgan fingerprint density at radius 1 is 1.30 bits per heavy atom. The van der Waals surface area contributed by atoms with Gasteiger partial charge in [-0.3, -0.25) is 9.48 Å². The van der Waals surface area contributed by atoms with E-state index >= 15 is 0 Å². The van der Waals surface area contributed by atoms with Crippen LogP contribution in [0.2, 0.25) is 10.0 Å². The first-order valence-electron chi connectivity index (χ1n) is 5.54. The van der Waals surface area contributed by atoms with Crippen LogP contribution in [0.15, 0.2) is 12.1 Å². The maximum Gasteiger partial charge on any atom is 1.00 e. The summed E-state index contributed by atoms with van der Waals surface area (Å²) >= 11 is 12.0. The number of halogens is 2. The van der Waals surface area contributed by atoms with Gasteiger partial charge in [0.15, 0.2) is 5.78 Å². The number of nitrogens with zero attached hydrogens (tertiary/aromatic N) is 2. The number of aromatic nitrogens is 2. The predicted molar refractivity (Wildman–Crippen MR) is 72.0 cm³/mol. The van der Waals surface area contributed by atoms with Gasteiger partial charge in [-0.2, -0.15) is 5.10 Å². The van der Waals surface area contributed by atoms with Crippen molar-refractivity contribution in [3.05, 3.63) is 44.6 Å². The van der Waals surface area contributed by atoms with Crippen LogP contribution >= 0.6 is 23.2 Å². The van der Waals surface area contributed by atoms with Gasteiger partial charge in [0, 0.05) is 17.6 Å². The summed E-state index contributed by atoms with van der Waals surface area (Å²) in [6.45, 7) is 3.33. The first-order valence-corrected chi connectivity index (χ1v) is 6.30. The van der Waals surface area contributed by atoms with Crippen LogP contribution in [-0.4, -0.2) is 15.6 Å². The molecule has 1 aromatic carbocycles. The zero-order valence-electron chi connectivity index (χ0n) is 11.6. The number of benzene rings is 1. The van der Waals surface area contributed by atoms with E-state index in [1.165, 1.54) is 13.1 Å². The van der Waals surface area contributed by atoms with Crippen molar-refractivity contribution in [2.45, 2.75) is 13.8 Å². The van der Waals surface area contributed by atoms with Crippen LogP contribution in [0.4, 0.5) is 0 Å². The second-order valence-corrected chi connectivity index (χ2v) is 5.04. The van der Waals surface area contributed by atoms with Crippen LogP contribution in [0.1, 0.15) is 27.2 Å². The zero-order valence-corrected chi connectivity index (χ0v) is 15.1. The largest absolute Gasteiger partial charge is 1.00 e. The van der Waals surface area contributed by atoms with Gasteiger partial charge in [0.05, 0.1) is 16.3 Å². The molecule has 0 N–H and O–H groups in total. The van der Waals surface area contributed by atoms with E-state index in [9.17, 15) is 9.90 Å². The molecule has 0 spiro atoms. The number of rotatable bonds is 2. The van der Waals surface area contributed by atoms with Gasteiger partial charge in [0.2, 0.25) is 0 Å². The smallest absolute Gasteiger partial charge is 0.858 e. The Labute approximate surface area is 149 Å². The van der Waals surface area contributed by atoms with Crippen LogP contribution in [0.25, 0.3) is 0 Å². The fraction of sp³-hybridized carbons (Fsp3) is 0.231. The summed E-state index contributed by atoms with van der Waals surface area (Å²) in [5.41, 5.74) is 1.31. The Bertz CT molecular complexity index is 683. The minimum absolute atomic E-state index is 0. The average molecular weight is 321 g/mol. The molecule has 1 heterocycles. The van der Waals surface area contributed by atoms with Crippen LogP contribution in [0.3, 0.4) is 0 Å². The molecule has 0 saturated heterocycles. The van der Waals surface area contributed by atoms with Crippen molar-refractivity contribution >= 4 is 29.0 Å². The van der Waals surface area contributed by atoms with Crippen molar-refractivity contribution < 1.29 is 39.5 Å². The molecule has 0 unspecified atom stereocenters. The molecule has 0 aliphatic rings. The number of hydrogen-bond donors (Lipinski definition) is 0. The van der Waals surface area contributed by atoms with Crippen LogP contribution in [0, 0.1) is 13.8 Å². The Morgan fingerprint density at radius 2 is 1.90 bits per heavy atom. The zero-order chi connectivity index (χ0) is 14.3. The van der Waals surface area contributed by atoms with Gasteiger partial charge in [-0.05, 0) is 37.4 Å². The molecule has 0 bridgehead atoms. The van der Waals surface area contributed by atoms with Crippen molar-refractivity contribution in [1.29, 1.82) is 0 Å². The third-order valence-electron chi connectivity index (χ3n) is 2.96. The van der Waals surface area contributed by atoms with Crippen LogP contribution in [-0.2, 0) is 7.05 Å². The van der Waals surface area contributed by atoms with E-state index < -0.39 is 11.7 Å². The normalized spacial score (nSPS) is 10.2. The average Bonchev–Trinajstić information content (AvgIpc) is 2.60. The molecule has 4 nitrogen and oxygen atoms in total. The fourth-order valence-electron chi connectivity index (χ4n) is 1.87. The monoisotopic (exact) mass is 320 g/mol. The molecule has 0 radical (unpaired) electrons. The van der Waals surface area contributed by atoms with E-state index in [1.807, 2.05) is 0 Å². The second-order valence-electron chi connectivity index (χ2n) is 4.25. The number of carbonyl (C=O) groups is 1. The minimum atomic E-state index is -0.430. The molecule has 2 rings (SSSR count). The van der Waals surface area contributed by atoms with Crippen molar-refractivity contribution in [2.75, 3.05) is 0 Å². The van der Waals surface area contributed by atoms with Gasteiger partial charge in [-0.25, -0.2) is 0 Å². The summed E-state index contributed by atoms with van der Waals surface area (Å²) in [7, 11) is 1.50. The number of hydrogen-bond acceptors (Lipinski definition) is 3. The number of ketones is 1. The van der Waals surface area contributed by atoms with Gasteiger partial charge in [-0.15, -0.1) is 0 Å². The maximum absolute atomic E-state index is 12.4. The van der Waals surface area contributed by atoms with Crippen molar-refractivity contribution in [3.8, 4) is 5.88 Å². The summed E-state index contributed by atoms with van der Waals surface area (Å²) in [5, 5.41) is 16.6. The van der Waals surface area contributed by atoms with Crippen LogP contribution < -0.4 is 34.7 Å². The molecule has 100 valence electrons. The van der Waals surface area contributed by atoms with E-state index in [0.717, 1.165) is 4.68 Å². The van der Waals surface area contributed by atoms with Gasteiger partial charge in [-0.1, -0.05) is 23.2 Å². The molecular formula is C13H11Cl2N2NaO2. The molecule has 0 fully saturated rings. The third-order valence-corrected chi connectivity index (χ3v) is 3.86. The first kappa shape index (κ1) is 17.5. The van der Waals surface area contributed by atoms with E-state index in [1.54, 1.807) is 19.9 Å². The first-order chi connectivity index (χ1) is 8.84. The van der Waals surface area contributed by atoms with Crippen molar-refractivity contribution in [3.63, 3.8) is 0 Å². The molecule has 1 aromatic heterocycles. The van der Waals surface area contributed by atoms with E-state index in [-0.39, 0.29) is 45.7 Å². The summed E-state index contributed by atoms with van der Waals surface area (Å²) in [6.07, 6.45) is 0. The molecule has 0 atom stereocenters. The molecule has 0 amide bonds. The summed E-state index contributed by atoms with van der Waals surface area (Å²) in [5.74, 6) is -0.855. The third kappa shape index (κ3) is 2.90. The second kappa shape index (κ2) is 6.50. The van der Waals surface area contributed by atoms with Crippen molar-refractivity contribution in [1.82, 2.24) is 9.78 Å². The molecule has 0 aliphatic carbocycles. The Hall–Kier alpha value is -0.520. The topological polar surface area (TPSA) is 57.9 Å². The van der Waals surface area contributed by atoms with Crippen LogP contribution in [0.5, 0.6) is 5.88 Å². The molecule has 7 heteroatoms. The molecule has 0 aliphatic heterocycles. The SMILES string of the molecule is Cc1nn(C)c([O-])c1C(=O)c1ccc(Cl)c(C)c1Cl.[Na+]. The van der Waals surface area contributed by atoms with Gasteiger partial charge >= 0.3 is 29.6 Å². The summed E-state index contributed by atoms with van der Waals surface area (Å²) in [4.78, 5) is 12.4. The maximum atomic E-state index is 12.4. The Morgan fingerprint density at radius 3 is 2.40 bits per heavy atom. The minimum Gasteiger partial charge on any atom is -0.858 e. The molecule has 2 aromatic rings. The Kier molecular flexibility index (Phi) is 5.70. The summed E-state index contributed by atoms with van der Waals surface area (Å²) in [6, 6.07) is 3.11. The molecular weight excluding hydrogens is 310 g/mol. The summed E-state index contributed by atoms with van der Waals surface area (Å²) < 4.78 is 1.14. The fourth-order valence-corrected chi connectivity index (χ4v) is 2.33. The van der Waals surface area contributed by atoms with Crippen molar-refractivity contribution in [2.24, 2.45) is 7.05 Å². The van der Waals surface area contributed by atoms with Gasteiger partial charge in [0.25, 0.3) is 0 Å². The number of carbonyl (C=O) groups excluding carboxylic acids is 1. The number of aryl methyl sites for hydroxylation is 2. The standard InChI is InChI=1S/C13H12Cl2N2O2.Na/c1-6-9(14)5-4-8(11(6)15)12(18)10-7(2)16-17(3)13(10)19;/h4-5,19H,1-3H3;/q;+1/p-1. The van der Waals surface area contributed by atoms with Gasteiger partial charge in [0.1, 0.15) is 0 Å². The molecule has 20 heavy (non-hydrogen) atoms. The quantitative estimate of drug-likeness (QED) is 0.561. The molecule has 0 saturated carbocycles. The van der Waals surface area contributed by atoms with E-state index in [4.69, 9.17) is 23.2 Å². The Balaban J connectivity index is 0.00000200. The predicted octanol–water partition coefficient (Wildman–Crippen LogP) is -0.348. The van der Waals surface area contributed by atoms with E-state index in [0.29, 0.717) is 16.3 Å². The van der Waals surface area contributed by atoms with Gasteiger partial charge < -0.3 is 5.11 Å².